The minimum Gasteiger partial charge on any atom is -0.468 e. The van der Waals surface area contributed by atoms with E-state index in [1.807, 2.05) is 0 Å². The highest BCUT2D eigenvalue weighted by atomic mass is 19.4. The number of esters is 1. The Morgan fingerprint density at radius 1 is 1.35 bits per heavy atom. The number of carbonyl (C=O) groups is 3. The molecule has 1 aromatic carbocycles. The Labute approximate surface area is 148 Å². The van der Waals surface area contributed by atoms with Crippen molar-refractivity contribution in [2.45, 2.75) is 25.6 Å². The summed E-state index contributed by atoms with van der Waals surface area (Å²) in [6, 6.07) is 4.75. The highest BCUT2D eigenvalue weighted by Crippen LogP contribution is 2.30. The molecule has 0 spiro atoms. The Morgan fingerprint density at radius 3 is 2.73 bits per heavy atom. The van der Waals surface area contributed by atoms with Crippen LogP contribution in [0.15, 0.2) is 24.3 Å². The predicted octanol–water partition coefficient (Wildman–Crippen LogP) is 1.73. The second kappa shape index (κ2) is 8.20. The summed E-state index contributed by atoms with van der Waals surface area (Å²) in [6.07, 6.45) is -4.02. The Balaban J connectivity index is 2.01. The molecule has 1 aliphatic heterocycles. The van der Waals surface area contributed by atoms with Gasteiger partial charge in [-0.05, 0) is 24.1 Å². The smallest absolute Gasteiger partial charge is 0.416 e. The molecular formula is C17H19F3N2O4. The highest BCUT2D eigenvalue weighted by Gasteiger charge is 2.32. The zero-order valence-corrected chi connectivity index (χ0v) is 14.1. The molecule has 9 heteroatoms. The van der Waals surface area contributed by atoms with Crippen LogP contribution in [0.1, 0.15) is 24.0 Å². The SMILES string of the molecule is COC(=O)CNC(=O)C1CCC(=O)N(Cc2cccc(C(F)(F)F)c2)C1. The Hall–Kier alpha value is -2.58. The number of carbonyl (C=O) groups excluding carboxylic acids is 3. The maximum absolute atomic E-state index is 12.8. The normalized spacial score (nSPS) is 17.8. The number of methoxy groups -OCH3 is 1. The maximum atomic E-state index is 12.8. The van der Waals surface area contributed by atoms with Crippen LogP contribution in [0.5, 0.6) is 0 Å². The van der Waals surface area contributed by atoms with E-state index in [1.54, 1.807) is 0 Å². The lowest BCUT2D eigenvalue weighted by molar-refractivity contribution is -0.143. The van der Waals surface area contributed by atoms with Crippen LogP contribution in [0.2, 0.25) is 0 Å². The summed E-state index contributed by atoms with van der Waals surface area (Å²) in [4.78, 5) is 36.6. The van der Waals surface area contributed by atoms with Crippen LogP contribution in [-0.4, -0.2) is 42.9 Å². The van der Waals surface area contributed by atoms with Gasteiger partial charge in [-0.15, -0.1) is 0 Å². The number of nitrogens with zero attached hydrogens (tertiary/aromatic N) is 1. The lowest BCUT2D eigenvalue weighted by Gasteiger charge is -2.32. The molecular weight excluding hydrogens is 353 g/mol. The first kappa shape index (κ1) is 19.7. The van der Waals surface area contributed by atoms with E-state index < -0.39 is 29.5 Å². The largest absolute Gasteiger partial charge is 0.468 e. The van der Waals surface area contributed by atoms with Gasteiger partial charge < -0.3 is 15.0 Å². The number of hydrogen-bond acceptors (Lipinski definition) is 4. The van der Waals surface area contributed by atoms with Crippen LogP contribution in [0.25, 0.3) is 0 Å². The van der Waals surface area contributed by atoms with Crippen molar-refractivity contribution in [3.63, 3.8) is 0 Å². The molecule has 6 nitrogen and oxygen atoms in total. The lowest BCUT2D eigenvalue weighted by atomic mass is 9.96. The van der Waals surface area contributed by atoms with Crippen molar-refractivity contribution in [1.82, 2.24) is 10.2 Å². The molecule has 0 aromatic heterocycles. The Morgan fingerprint density at radius 2 is 2.08 bits per heavy atom. The van der Waals surface area contributed by atoms with E-state index in [-0.39, 0.29) is 32.0 Å². The molecule has 0 aliphatic carbocycles. The number of nitrogens with one attached hydrogen (secondary N) is 1. The molecule has 1 aliphatic rings. The molecule has 1 fully saturated rings. The van der Waals surface area contributed by atoms with Crippen molar-refractivity contribution < 1.29 is 32.3 Å². The van der Waals surface area contributed by atoms with Crippen molar-refractivity contribution in [3.05, 3.63) is 35.4 Å². The summed E-state index contributed by atoms with van der Waals surface area (Å²) in [5.41, 5.74) is -0.448. The number of amides is 2. The van der Waals surface area contributed by atoms with E-state index in [0.29, 0.717) is 12.0 Å². The van der Waals surface area contributed by atoms with E-state index >= 15 is 0 Å². The van der Waals surface area contributed by atoms with E-state index in [0.717, 1.165) is 12.1 Å². The van der Waals surface area contributed by atoms with E-state index in [1.165, 1.54) is 24.1 Å². The van der Waals surface area contributed by atoms with Gasteiger partial charge in [-0.25, -0.2) is 0 Å². The standard InChI is InChI=1S/C17H19F3N2O4/c1-26-15(24)8-21-16(25)12-5-6-14(23)22(10-12)9-11-3-2-4-13(7-11)17(18,19)20/h2-4,7,12H,5-6,8-10H2,1H3,(H,21,25). The first-order chi connectivity index (χ1) is 12.2. The third kappa shape index (κ3) is 5.21. The molecule has 1 atom stereocenters. The average Bonchev–Trinajstić information content (AvgIpc) is 2.60. The number of likely N-dealkylation sites (tertiary alicyclic amines) is 1. The highest BCUT2D eigenvalue weighted by molar-refractivity contribution is 5.86. The number of alkyl halides is 3. The van der Waals surface area contributed by atoms with Crippen molar-refractivity contribution in [2.75, 3.05) is 20.2 Å². The van der Waals surface area contributed by atoms with Gasteiger partial charge in [0.25, 0.3) is 0 Å². The molecule has 2 amide bonds. The summed E-state index contributed by atoms with van der Waals surface area (Å²) in [5, 5.41) is 2.43. The second-order valence-corrected chi connectivity index (χ2v) is 6.00. The van der Waals surface area contributed by atoms with Crippen LogP contribution >= 0.6 is 0 Å². The van der Waals surface area contributed by atoms with E-state index in [4.69, 9.17) is 0 Å². The molecule has 1 N–H and O–H groups in total. The average molecular weight is 372 g/mol. The molecule has 26 heavy (non-hydrogen) atoms. The van der Waals surface area contributed by atoms with Gasteiger partial charge in [-0.2, -0.15) is 13.2 Å². The van der Waals surface area contributed by atoms with Crippen LogP contribution in [0.4, 0.5) is 13.2 Å². The van der Waals surface area contributed by atoms with Gasteiger partial charge in [0.05, 0.1) is 18.6 Å². The second-order valence-electron chi connectivity index (χ2n) is 6.00. The number of rotatable bonds is 5. The van der Waals surface area contributed by atoms with Gasteiger partial charge in [0.2, 0.25) is 11.8 Å². The summed E-state index contributed by atoms with van der Waals surface area (Å²) in [6.45, 7) is -0.195. The van der Waals surface area contributed by atoms with Gasteiger partial charge in [-0.1, -0.05) is 12.1 Å². The van der Waals surface area contributed by atoms with Crippen LogP contribution in [-0.2, 0) is 31.8 Å². The minimum atomic E-state index is -4.46. The minimum absolute atomic E-state index is 0.0104. The summed E-state index contributed by atoms with van der Waals surface area (Å²) >= 11 is 0. The molecule has 1 aromatic rings. The van der Waals surface area contributed by atoms with Crippen molar-refractivity contribution in [1.29, 1.82) is 0 Å². The third-order valence-corrected chi connectivity index (χ3v) is 4.13. The Bertz CT molecular complexity index is 691. The molecule has 1 heterocycles. The quantitative estimate of drug-likeness (QED) is 0.799. The number of hydrogen-bond donors (Lipinski definition) is 1. The fraction of sp³-hybridized carbons (Fsp3) is 0.471. The van der Waals surface area contributed by atoms with Crippen LogP contribution in [0.3, 0.4) is 0 Å². The van der Waals surface area contributed by atoms with Crippen molar-refractivity contribution in [2.24, 2.45) is 5.92 Å². The Kier molecular flexibility index (Phi) is 6.23. The number of piperidine rings is 1. The zero-order valence-electron chi connectivity index (χ0n) is 14.1. The lowest BCUT2D eigenvalue weighted by Crippen LogP contribution is -2.46. The number of halogens is 3. The molecule has 2 rings (SSSR count). The summed E-state index contributed by atoms with van der Waals surface area (Å²) in [7, 11) is 1.20. The molecule has 0 saturated carbocycles. The predicted molar refractivity (Wildman–Crippen MR) is 84.6 cm³/mol. The summed E-state index contributed by atoms with van der Waals surface area (Å²) < 4.78 is 42.8. The fourth-order valence-corrected chi connectivity index (χ4v) is 2.72. The number of benzene rings is 1. The van der Waals surface area contributed by atoms with Crippen LogP contribution < -0.4 is 5.32 Å². The monoisotopic (exact) mass is 372 g/mol. The summed E-state index contributed by atoms with van der Waals surface area (Å²) in [5.74, 6) is -1.73. The first-order valence-electron chi connectivity index (χ1n) is 7.99. The molecule has 0 bridgehead atoms. The maximum Gasteiger partial charge on any atom is 0.416 e. The molecule has 1 unspecified atom stereocenters. The fourth-order valence-electron chi connectivity index (χ4n) is 2.72. The first-order valence-corrected chi connectivity index (χ1v) is 7.99. The molecule has 142 valence electrons. The zero-order chi connectivity index (χ0) is 19.3. The van der Waals surface area contributed by atoms with Crippen LogP contribution in [0, 0.1) is 5.92 Å². The molecule has 1 saturated heterocycles. The van der Waals surface area contributed by atoms with Crippen molar-refractivity contribution >= 4 is 17.8 Å². The van der Waals surface area contributed by atoms with E-state index in [2.05, 4.69) is 10.1 Å². The van der Waals surface area contributed by atoms with Gasteiger partial charge in [-0.3, -0.25) is 14.4 Å². The van der Waals surface area contributed by atoms with Gasteiger partial charge >= 0.3 is 12.1 Å². The van der Waals surface area contributed by atoms with Gasteiger partial charge in [0.15, 0.2) is 0 Å². The van der Waals surface area contributed by atoms with Gasteiger partial charge in [0, 0.05) is 19.5 Å². The molecule has 0 radical (unpaired) electrons. The van der Waals surface area contributed by atoms with Crippen molar-refractivity contribution in [3.8, 4) is 0 Å². The van der Waals surface area contributed by atoms with E-state index in [9.17, 15) is 27.6 Å². The topological polar surface area (TPSA) is 75.7 Å². The number of ether oxygens (including phenoxy) is 1. The van der Waals surface area contributed by atoms with Gasteiger partial charge in [0.1, 0.15) is 6.54 Å². The third-order valence-electron chi connectivity index (χ3n) is 4.13.